The molecule has 0 spiro atoms. The number of fused-ring (bicyclic) bond motifs is 1. The quantitative estimate of drug-likeness (QED) is 0.456. The summed E-state index contributed by atoms with van der Waals surface area (Å²) in [6.45, 7) is 2.45. The molecule has 1 aromatic carbocycles. The van der Waals surface area contributed by atoms with Crippen LogP contribution in [0.25, 0.3) is 0 Å². The summed E-state index contributed by atoms with van der Waals surface area (Å²) in [5, 5.41) is 10.3. The number of amides is 1. The first kappa shape index (κ1) is 28.1. The van der Waals surface area contributed by atoms with Crippen LogP contribution in [0.2, 0.25) is 5.02 Å². The number of allylic oxidation sites excluding steroid dienone is 1. The number of likely N-dealkylation sites (tertiary alicyclic amines) is 1. The Morgan fingerprint density at radius 2 is 2.03 bits per heavy atom. The number of carbonyl (C=O) groups is 2. The highest BCUT2D eigenvalue weighted by atomic mass is 35.5. The number of aliphatic hydroxyl groups excluding tert-OH is 1. The second-order valence-electron chi connectivity index (χ2n) is 11.8. The van der Waals surface area contributed by atoms with E-state index in [0.29, 0.717) is 29.2 Å². The molecule has 7 atom stereocenters. The molecule has 9 heteroatoms. The number of halogens is 2. The van der Waals surface area contributed by atoms with Gasteiger partial charge in [-0.1, -0.05) is 30.7 Å². The molecule has 3 N–H and O–H groups in total. The van der Waals surface area contributed by atoms with E-state index >= 15 is 0 Å². The zero-order valence-corrected chi connectivity index (χ0v) is 23.3. The molecule has 7 nitrogen and oxygen atoms in total. The van der Waals surface area contributed by atoms with Crippen molar-refractivity contribution in [3.8, 4) is 5.75 Å². The molecule has 4 aliphatic rings. The standard InChI is InChI=1S/C30H39ClFN3O4/c1-17-12-21(39-27-5-3-2-4-23(27)31)9-7-18(17)6-8-20(36)15-34-25-14-19-13-22(19)28(25)29(33)30(38)35-11-10-26(37)24(32)16-35/h2-5,17-19,21-22,24,26,37H,6-16,33H2,1H3/b29-28-,34-25?/t17-,18?,19-,21-,22-,24+,26-/m1/s1. The van der Waals surface area contributed by atoms with Gasteiger partial charge in [0.15, 0.2) is 5.78 Å². The SMILES string of the molecule is C[C@@H]1C[C@H](Oc2ccccc2Cl)CCC1CCC(=O)CN=C1C[C@H]2C[C@H]2/C1=C(/N)C(=O)N1CC[C@@H](O)[C@@H](F)C1. The molecule has 1 amide bonds. The van der Waals surface area contributed by atoms with E-state index in [2.05, 4.69) is 11.9 Å². The molecule has 212 valence electrons. The minimum Gasteiger partial charge on any atom is -0.489 e. The zero-order chi connectivity index (χ0) is 27.7. The van der Waals surface area contributed by atoms with Crippen LogP contribution in [0, 0.1) is 23.7 Å². The molecule has 39 heavy (non-hydrogen) atoms. The summed E-state index contributed by atoms with van der Waals surface area (Å²) in [5.41, 5.74) is 7.94. The minimum atomic E-state index is -1.46. The zero-order valence-electron chi connectivity index (χ0n) is 22.5. The average Bonchev–Trinajstić information content (AvgIpc) is 3.58. The summed E-state index contributed by atoms with van der Waals surface area (Å²) in [4.78, 5) is 31.8. The van der Waals surface area contributed by atoms with Gasteiger partial charge in [-0.15, -0.1) is 0 Å². The summed E-state index contributed by atoms with van der Waals surface area (Å²) in [5.74, 6) is 1.99. The normalized spacial score (nSPS) is 34.5. The van der Waals surface area contributed by atoms with Crippen molar-refractivity contribution in [2.24, 2.45) is 34.4 Å². The third-order valence-corrected chi connectivity index (χ3v) is 9.36. The summed E-state index contributed by atoms with van der Waals surface area (Å²) < 4.78 is 20.1. The van der Waals surface area contributed by atoms with Gasteiger partial charge < -0.3 is 20.5 Å². The van der Waals surface area contributed by atoms with Gasteiger partial charge in [-0.05, 0) is 80.8 Å². The van der Waals surface area contributed by atoms with Gasteiger partial charge in [-0.25, -0.2) is 4.39 Å². The molecule has 1 saturated heterocycles. The molecule has 3 aliphatic carbocycles. The molecule has 3 saturated carbocycles. The van der Waals surface area contributed by atoms with Crippen LogP contribution in [0.1, 0.15) is 58.3 Å². The van der Waals surface area contributed by atoms with Crippen LogP contribution in [0.3, 0.4) is 0 Å². The van der Waals surface area contributed by atoms with Gasteiger partial charge in [0.05, 0.1) is 30.3 Å². The number of Topliss-reactive ketones (excluding diaryl/α,β-unsaturated/α-hetero) is 1. The second-order valence-corrected chi connectivity index (χ2v) is 12.2. The predicted molar refractivity (Wildman–Crippen MR) is 148 cm³/mol. The maximum atomic E-state index is 14.0. The number of nitrogens with zero attached hydrogens (tertiary/aromatic N) is 2. The molecule has 0 radical (unpaired) electrons. The molecule has 4 fully saturated rings. The van der Waals surface area contributed by atoms with Crippen LogP contribution in [-0.2, 0) is 9.59 Å². The van der Waals surface area contributed by atoms with E-state index in [1.165, 1.54) is 4.90 Å². The van der Waals surface area contributed by atoms with E-state index in [0.717, 1.165) is 55.6 Å². The number of aliphatic hydroxyl groups is 1. The molecule has 0 aromatic heterocycles. The van der Waals surface area contributed by atoms with E-state index < -0.39 is 18.2 Å². The Labute approximate surface area is 234 Å². The van der Waals surface area contributed by atoms with Gasteiger partial charge in [0.2, 0.25) is 0 Å². The number of hydrogen-bond donors (Lipinski definition) is 2. The highest BCUT2D eigenvalue weighted by molar-refractivity contribution is 6.32. The van der Waals surface area contributed by atoms with Gasteiger partial charge in [0.25, 0.3) is 5.91 Å². The number of aliphatic imine (C=N–C) groups is 1. The maximum Gasteiger partial charge on any atom is 0.270 e. The lowest BCUT2D eigenvalue weighted by Gasteiger charge is -2.34. The lowest BCUT2D eigenvalue weighted by atomic mass is 9.76. The van der Waals surface area contributed by atoms with Crippen molar-refractivity contribution in [3.05, 3.63) is 40.6 Å². The number of nitrogens with two attached hydrogens (primary N) is 1. The van der Waals surface area contributed by atoms with Crippen LogP contribution in [0.5, 0.6) is 5.75 Å². The smallest absolute Gasteiger partial charge is 0.270 e. The molecular weight excluding hydrogens is 521 g/mol. The topological polar surface area (TPSA) is 105 Å². The third kappa shape index (κ3) is 6.49. The first-order chi connectivity index (χ1) is 18.7. The number of para-hydroxylation sites is 1. The molecule has 0 bridgehead atoms. The average molecular weight is 560 g/mol. The van der Waals surface area contributed by atoms with Crippen LogP contribution in [0.15, 0.2) is 40.5 Å². The first-order valence-electron chi connectivity index (χ1n) is 14.3. The highest BCUT2D eigenvalue weighted by Gasteiger charge is 2.50. The summed E-state index contributed by atoms with van der Waals surface area (Å²) in [6, 6.07) is 7.55. The Morgan fingerprint density at radius 1 is 1.23 bits per heavy atom. The lowest BCUT2D eigenvalue weighted by Crippen LogP contribution is -2.48. The van der Waals surface area contributed by atoms with Gasteiger partial charge in [0.1, 0.15) is 17.6 Å². The van der Waals surface area contributed by atoms with Crippen molar-refractivity contribution in [2.75, 3.05) is 19.6 Å². The van der Waals surface area contributed by atoms with E-state index in [-0.39, 0.29) is 49.6 Å². The lowest BCUT2D eigenvalue weighted by molar-refractivity contribution is -0.131. The molecule has 1 aliphatic heterocycles. The Kier molecular flexibility index (Phi) is 8.62. The van der Waals surface area contributed by atoms with E-state index in [1.807, 2.05) is 24.3 Å². The van der Waals surface area contributed by atoms with Gasteiger partial charge >= 0.3 is 0 Å². The monoisotopic (exact) mass is 559 g/mol. The second kappa shape index (κ2) is 12.0. The van der Waals surface area contributed by atoms with Crippen molar-refractivity contribution < 1.29 is 23.8 Å². The molecular formula is C30H39ClFN3O4. The number of carbonyl (C=O) groups excluding carboxylic acids is 2. The fourth-order valence-corrected chi connectivity index (χ4v) is 6.72. The summed E-state index contributed by atoms with van der Waals surface area (Å²) >= 11 is 6.24. The Hall–Kier alpha value is -2.45. The number of rotatable bonds is 8. The molecule has 5 rings (SSSR count). The van der Waals surface area contributed by atoms with Crippen LogP contribution in [0.4, 0.5) is 4.39 Å². The van der Waals surface area contributed by atoms with Crippen LogP contribution in [-0.4, -0.2) is 65.4 Å². The Bertz CT molecular complexity index is 1160. The van der Waals surface area contributed by atoms with Crippen molar-refractivity contribution >= 4 is 29.0 Å². The van der Waals surface area contributed by atoms with Gasteiger partial charge in [0, 0.05) is 24.3 Å². The Morgan fingerprint density at radius 3 is 2.77 bits per heavy atom. The largest absolute Gasteiger partial charge is 0.489 e. The van der Waals surface area contributed by atoms with Crippen molar-refractivity contribution in [3.63, 3.8) is 0 Å². The highest BCUT2D eigenvalue weighted by Crippen LogP contribution is 2.54. The number of ketones is 1. The van der Waals surface area contributed by atoms with Crippen molar-refractivity contribution in [1.29, 1.82) is 0 Å². The molecule has 1 unspecified atom stereocenters. The van der Waals surface area contributed by atoms with Crippen molar-refractivity contribution in [1.82, 2.24) is 4.90 Å². The fraction of sp³-hybridized carbons (Fsp3) is 0.633. The number of piperidine rings is 1. The molecule has 1 aromatic rings. The summed E-state index contributed by atoms with van der Waals surface area (Å²) in [6.07, 6.45) is 3.76. The minimum absolute atomic E-state index is 0.0965. The van der Waals surface area contributed by atoms with Gasteiger partial charge in [-0.3, -0.25) is 14.6 Å². The van der Waals surface area contributed by atoms with Crippen molar-refractivity contribution in [2.45, 2.75) is 76.7 Å². The predicted octanol–water partition coefficient (Wildman–Crippen LogP) is 4.50. The number of alkyl halides is 1. The van der Waals surface area contributed by atoms with E-state index in [1.54, 1.807) is 0 Å². The first-order valence-corrected chi connectivity index (χ1v) is 14.7. The number of hydrogen-bond acceptors (Lipinski definition) is 6. The number of ether oxygens (including phenoxy) is 1. The summed E-state index contributed by atoms with van der Waals surface area (Å²) in [7, 11) is 0. The van der Waals surface area contributed by atoms with Crippen LogP contribution >= 0.6 is 11.6 Å². The molecule has 1 heterocycles. The van der Waals surface area contributed by atoms with E-state index in [4.69, 9.17) is 22.1 Å². The Balaban J connectivity index is 1.12. The van der Waals surface area contributed by atoms with Gasteiger partial charge in [-0.2, -0.15) is 0 Å². The van der Waals surface area contributed by atoms with Crippen LogP contribution < -0.4 is 10.5 Å². The fourth-order valence-electron chi connectivity index (χ4n) is 6.54. The van der Waals surface area contributed by atoms with E-state index in [9.17, 15) is 19.1 Å². The maximum absolute atomic E-state index is 14.0. The third-order valence-electron chi connectivity index (χ3n) is 9.04. The number of benzene rings is 1.